The minimum atomic E-state index is -0.271. The second-order valence-corrected chi connectivity index (χ2v) is 7.78. The Hall–Kier alpha value is -2.64. The molecule has 0 radical (unpaired) electrons. The van der Waals surface area contributed by atoms with Gasteiger partial charge in [0.25, 0.3) is 5.91 Å². The third-order valence-corrected chi connectivity index (χ3v) is 4.89. The Morgan fingerprint density at radius 3 is 2.45 bits per heavy atom. The van der Waals surface area contributed by atoms with Crippen molar-refractivity contribution in [2.75, 3.05) is 27.2 Å². The van der Waals surface area contributed by atoms with Gasteiger partial charge in [0, 0.05) is 19.6 Å². The molecule has 29 heavy (non-hydrogen) atoms. The van der Waals surface area contributed by atoms with Gasteiger partial charge in [0.15, 0.2) is 5.76 Å². The van der Waals surface area contributed by atoms with Crippen LogP contribution in [0.2, 0.25) is 0 Å². The number of amides is 2. The van der Waals surface area contributed by atoms with E-state index in [-0.39, 0.29) is 29.6 Å². The Balaban J connectivity index is 1.39. The average molecular weight is 399 g/mol. The Morgan fingerprint density at radius 1 is 1.07 bits per heavy atom. The largest absolute Gasteiger partial charge is 0.456 e. The van der Waals surface area contributed by atoms with Gasteiger partial charge in [-0.1, -0.05) is 24.3 Å². The number of furan rings is 1. The van der Waals surface area contributed by atoms with E-state index in [0.29, 0.717) is 31.9 Å². The molecule has 0 unspecified atom stereocenters. The van der Waals surface area contributed by atoms with E-state index in [0.717, 1.165) is 12.1 Å². The van der Waals surface area contributed by atoms with Gasteiger partial charge in [-0.25, -0.2) is 0 Å². The number of nitrogens with zero attached hydrogens (tertiary/aromatic N) is 1. The fourth-order valence-electron chi connectivity index (χ4n) is 3.34. The number of hydrogen-bond donors (Lipinski definition) is 2. The summed E-state index contributed by atoms with van der Waals surface area (Å²) in [6.07, 6.45) is 0.418. The number of rotatable bonds is 8. The summed E-state index contributed by atoms with van der Waals surface area (Å²) in [5.41, 5.74) is 2.31. The first-order chi connectivity index (χ1) is 13.9. The van der Waals surface area contributed by atoms with E-state index in [4.69, 9.17) is 9.15 Å². The molecule has 7 heteroatoms. The number of hydrogen-bond acceptors (Lipinski definition) is 5. The first kappa shape index (κ1) is 21.1. The van der Waals surface area contributed by atoms with Crippen molar-refractivity contribution < 1.29 is 18.7 Å². The van der Waals surface area contributed by atoms with Crippen molar-refractivity contribution in [2.24, 2.45) is 5.92 Å². The molecule has 0 aliphatic carbocycles. The fourth-order valence-corrected chi connectivity index (χ4v) is 3.34. The summed E-state index contributed by atoms with van der Waals surface area (Å²) in [6, 6.07) is 11.6. The monoisotopic (exact) mass is 399 g/mol. The van der Waals surface area contributed by atoms with Gasteiger partial charge in [-0.2, -0.15) is 0 Å². The van der Waals surface area contributed by atoms with Crippen LogP contribution in [-0.4, -0.2) is 50.1 Å². The van der Waals surface area contributed by atoms with Crippen LogP contribution in [0.5, 0.6) is 0 Å². The standard InChI is InChI=1S/C22H29N3O4/c1-15-4-9-20(29-15)22(27)24-12-19-10-18(14-28-19)21(26)23-11-16-5-7-17(8-6-16)13-25(2)3/h4-9,18-19H,10-14H2,1-3H3,(H,23,26)(H,24,27)/t18-,19-/m0/s1. The van der Waals surface area contributed by atoms with Crippen LogP contribution in [0.4, 0.5) is 0 Å². The van der Waals surface area contributed by atoms with E-state index in [2.05, 4.69) is 27.7 Å². The number of carbonyl (C=O) groups excluding carboxylic acids is 2. The highest BCUT2D eigenvalue weighted by Gasteiger charge is 2.31. The summed E-state index contributed by atoms with van der Waals surface area (Å²) in [6.45, 7) is 3.91. The van der Waals surface area contributed by atoms with Gasteiger partial charge in [0.2, 0.25) is 5.91 Å². The summed E-state index contributed by atoms with van der Waals surface area (Å²) in [5, 5.41) is 5.78. The van der Waals surface area contributed by atoms with Crippen LogP contribution in [0.15, 0.2) is 40.8 Å². The van der Waals surface area contributed by atoms with Gasteiger partial charge >= 0.3 is 0 Å². The Kier molecular flexibility index (Phi) is 7.06. The third kappa shape index (κ3) is 6.17. The molecule has 2 heterocycles. The van der Waals surface area contributed by atoms with E-state index in [1.165, 1.54) is 5.56 Å². The van der Waals surface area contributed by atoms with E-state index in [1.807, 2.05) is 26.2 Å². The molecule has 1 aromatic heterocycles. The van der Waals surface area contributed by atoms with Crippen LogP contribution >= 0.6 is 0 Å². The summed E-state index contributed by atoms with van der Waals surface area (Å²) in [5.74, 6) is 0.490. The molecule has 0 spiro atoms. The van der Waals surface area contributed by atoms with Crippen LogP contribution in [0.25, 0.3) is 0 Å². The van der Waals surface area contributed by atoms with Crippen LogP contribution in [0.1, 0.15) is 33.9 Å². The number of ether oxygens (including phenoxy) is 1. The molecule has 3 rings (SSSR count). The molecular formula is C22H29N3O4. The number of carbonyl (C=O) groups is 2. The fraction of sp³-hybridized carbons (Fsp3) is 0.455. The van der Waals surface area contributed by atoms with Gasteiger partial charge in [0.1, 0.15) is 5.76 Å². The first-order valence-corrected chi connectivity index (χ1v) is 9.87. The van der Waals surface area contributed by atoms with Crippen molar-refractivity contribution in [3.63, 3.8) is 0 Å². The minimum absolute atomic E-state index is 0.0159. The molecule has 1 aliphatic heterocycles. The minimum Gasteiger partial charge on any atom is -0.456 e. The Morgan fingerprint density at radius 2 is 1.79 bits per heavy atom. The van der Waals surface area contributed by atoms with Crippen molar-refractivity contribution in [1.82, 2.24) is 15.5 Å². The van der Waals surface area contributed by atoms with Gasteiger partial charge in [-0.15, -0.1) is 0 Å². The maximum atomic E-state index is 12.4. The lowest BCUT2D eigenvalue weighted by Crippen LogP contribution is -2.33. The lowest BCUT2D eigenvalue weighted by molar-refractivity contribution is -0.125. The van der Waals surface area contributed by atoms with Crippen LogP contribution in [-0.2, 0) is 22.6 Å². The zero-order valence-electron chi connectivity index (χ0n) is 17.2. The van der Waals surface area contributed by atoms with E-state index in [9.17, 15) is 9.59 Å². The average Bonchev–Trinajstić information content (AvgIpc) is 3.34. The zero-order valence-corrected chi connectivity index (χ0v) is 17.2. The molecule has 1 saturated heterocycles. The van der Waals surface area contributed by atoms with Gasteiger partial charge < -0.3 is 24.7 Å². The van der Waals surface area contributed by atoms with E-state index < -0.39 is 0 Å². The van der Waals surface area contributed by atoms with Gasteiger partial charge in [0.05, 0.1) is 18.6 Å². The van der Waals surface area contributed by atoms with E-state index >= 15 is 0 Å². The predicted octanol–water partition coefficient (Wildman–Crippen LogP) is 2.10. The SMILES string of the molecule is Cc1ccc(C(=O)NC[C@@H]2C[C@H](C(=O)NCc3ccc(CN(C)C)cc3)CO2)o1. The summed E-state index contributed by atoms with van der Waals surface area (Å²) in [4.78, 5) is 26.6. The predicted molar refractivity (Wildman–Crippen MR) is 109 cm³/mol. The molecule has 2 amide bonds. The highest BCUT2D eigenvalue weighted by atomic mass is 16.5. The molecular weight excluding hydrogens is 370 g/mol. The quantitative estimate of drug-likeness (QED) is 0.710. The normalized spacial score (nSPS) is 18.8. The number of nitrogens with one attached hydrogen (secondary N) is 2. The first-order valence-electron chi connectivity index (χ1n) is 9.87. The second-order valence-electron chi connectivity index (χ2n) is 7.78. The van der Waals surface area contributed by atoms with Crippen molar-refractivity contribution in [2.45, 2.75) is 32.5 Å². The lowest BCUT2D eigenvalue weighted by atomic mass is 10.0. The molecule has 1 fully saturated rings. The van der Waals surface area contributed by atoms with Crippen molar-refractivity contribution in [1.29, 1.82) is 0 Å². The second kappa shape index (κ2) is 9.71. The molecule has 1 aliphatic rings. The number of aryl methyl sites for hydroxylation is 1. The third-order valence-electron chi connectivity index (χ3n) is 4.89. The van der Waals surface area contributed by atoms with Crippen LogP contribution < -0.4 is 10.6 Å². The van der Waals surface area contributed by atoms with Gasteiger partial charge in [-0.3, -0.25) is 9.59 Å². The van der Waals surface area contributed by atoms with Gasteiger partial charge in [-0.05, 0) is 50.7 Å². The van der Waals surface area contributed by atoms with Crippen molar-refractivity contribution in [3.8, 4) is 0 Å². The van der Waals surface area contributed by atoms with Crippen molar-refractivity contribution >= 4 is 11.8 Å². The molecule has 156 valence electrons. The Bertz CT molecular complexity index is 829. The lowest BCUT2D eigenvalue weighted by Gasteiger charge is -2.12. The Labute approximate surface area is 171 Å². The molecule has 2 atom stereocenters. The highest BCUT2D eigenvalue weighted by molar-refractivity contribution is 5.91. The highest BCUT2D eigenvalue weighted by Crippen LogP contribution is 2.20. The topological polar surface area (TPSA) is 83.8 Å². The molecule has 0 saturated carbocycles. The van der Waals surface area contributed by atoms with Crippen LogP contribution in [0.3, 0.4) is 0 Å². The molecule has 1 aromatic carbocycles. The summed E-state index contributed by atoms with van der Waals surface area (Å²) >= 11 is 0. The molecule has 0 bridgehead atoms. The van der Waals surface area contributed by atoms with Crippen molar-refractivity contribution in [3.05, 3.63) is 59.0 Å². The zero-order chi connectivity index (χ0) is 20.8. The maximum absolute atomic E-state index is 12.4. The summed E-state index contributed by atoms with van der Waals surface area (Å²) in [7, 11) is 4.07. The molecule has 2 aromatic rings. The smallest absolute Gasteiger partial charge is 0.287 e. The van der Waals surface area contributed by atoms with Crippen LogP contribution in [0, 0.1) is 12.8 Å². The van der Waals surface area contributed by atoms with E-state index in [1.54, 1.807) is 19.1 Å². The molecule has 7 nitrogen and oxygen atoms in total. The maximum Gasteiger partial charge on any atom is 0.287 e. The summed E-state index contributed by atoms with van der Waals surface area (Å²) < 4.78 is 11.0. The number of benzene rings is 1. The molecule has 2 N–H and O–H groups in total.